The van der Waals surface area contributed by atoms with E-state index >= 15 is 0 Å². The number of nitrogens with zero attached hydrogens (tertiary/aromatic N) is 1. The van der Waals surface area contributed by atoms with Gasteiger partial charge in [0.15, 0.2) is 0 Å². The number of hydrogen-bond acceptors (Lipinski definition) is 5. The van der Waals surface area contributed by atoms with Crippen LogP contribution in [0.3, 0.4) is 0 Å². The van der Waals surface area contributed by atoms with Gasteiger partial charge in [-0.25, -0.2) is 4.99 Å². The maximum atomic E-state index is 9.07. The molecule has 0 aromatic heterocycles. The fourth-order valence-corrected chi connectivity index (χ4v) is 0.560. The zero-order valence-corrected chi connectivity index (χ0v) is 6.56. The first-order chi connectivity index (χ1) is 5.65. The molecule has 0 spiro atoms. The molecule has 0 heterocycles. The first-order valence-electron chi connectivity index (χ1n) is 3.40. The molecule has 0 rings (SSSR count). The maximum Gasteiger partial charge on any atom is 0.146 e. The molecule has 0 aromatic rings. The van der Waals surface area contributed by atoms with Crippen molar-refractivity contribution in [1.82, 2.24) is 0 Å². The molecule has 0 aliphatic carbocycles. The van der Waals surface area contributed by atoms with Crippen LogP contribution >= 0.6 is 0 Å². The molecular formula is C6H13N3O3. The molecular weight excluding hydrogens is 162 g/mol. The number of amidine groups is 1. The summed E-state index contributed by atoms with van der Waals surface area (Å²) in [5.41, 5.74) is 5.09. The number of hydrogen-bond donors (Lipinski definition) is 5. The van der Waals surface area contributed by atoms with Gasteiger partial charge in [0.1, 0.15) is 18.5 Å². The first-order valence-corrected chi connectivity index (χ1v) is 3.40. The molecule has 6 nitrogen and oxygen atoms in total. The second-order valence-corrected chi connectivity index (χ2v) is 2.12. The average molecular weight is 175 g/mol. The minimum absolute atomic E-state index is 0.00319. The van der Waals surface area contributed by atoms with E-state index in [-0.39, 0.29) is 18.1 Å². The van der Waals surface area contributed by atoms with E-state index < -0.39 is 19.3 Å². The quantitative estimate of drug-likeness (QED) is 0.244. The lowest BCUT2D eigenvalue weighted by molar-refractivity contribution is 0.236. The number of aliphatic imine (C=N–C) groups is 1. The van der Waals surface area contributed by atoms with E-state index in [2.05, 4.69) is 4.99 Å². The van der Waals surface area contributed by atoms with Gasteiger partial charge in [-0.2, -0.15) is 0 Å². The summed E-state index contributed by atoms with van der Waals surface area (Å²) < 4.78 is 0. The van der Waals surface area contributed by atoms with Crippen molar-refractivity contribution in [3.05, 3.63) is 0 Å². The average Bonchev–Trinajstić information content (AvgIpc) is 2.12. The van der Waals surface area contributed by atoms with Gasteiger partial charge >= 0.3 is 0 Å². The molecule has 0 aliphatic rings. The SMILES string of the molecule is N=C(CO)N=C(CO)C(O)CN. The first kappa shape index (κ1) is 11.2. The molecule has 0 amide bonds. The van der Waals surface area contributed by atoms with E-state index in [1.807, 2.05) is 0 Å². The highest BCUT2D eigenvalue weighted by Crippen LogP contribution is 1.88. The zero-order valence-electron chi connectivity index (χ0n) is 6.56. The molecule has 0 radical (unpaired) electrons. The van der Waals surface area contributed by atoms with Gasteiger partial charge in [-0.3, -0.25) is 5.41 Å². The molecule has 1 atom stereocenters. The standard InChI is InChI=1S/C6H13N3O3/c7-1-5(12)4(2-10)9-6(8)3-11/h5,8,10-12H,1-3,7H2. The topological polar surface area (TPSA) is 123 Å². The van der Waals surface area contributed by atoms with Crippen LogP contribution in [0.25, 0.3) is 0 Å². The Kier molecular flexibility index (Phi) is 5.39. The minimum atomic E-state index is -1.05. The van der Waals surface area contributed by atoms with Gasteiger partial charge < -0.3 is 21.1 Å². The highest BCUT2D eigenvalue weighted by molar-refractivity contribution is 6.00. The largest absolute Gasteiger partial charge is 0.390 e. The van der Waals surface area contributed by atoms with E-state index in [9.17, 15) is 0 Å². The second kappa shape index (κ2) is 5.78. The molecule has 70 valence electrons. The van der Waals surface area contributed by atoms with Crippen LogP contribution < -0.4 is 5.73 Å². The van der Waals surface area contributed by atoms with Gasteiger partial charge in [-0.05, 0) is 0 Å². The summed E-state index contributed by atoms with van der Waals surface area (Å²) in [7, 11) is 0. The van der Waals surface area contributed by atoms with Gasteiger partial charge in [0.25, 0.3) is 0 Å². The monoisotopic (exact) mass is 175 g/mol. The third kappa shape index (κ3) is 3.54. The van der Waals surface area contributed by atoms with Crippen molar-refractivity contribution in [2.24, 2.45) is 10.7 Å². The van der Waals surface area contributed by atoms with E-state index in [1.54, 1.807) is 0 Å². The number of rotatable bonds is 4. The Bertz CT molecular complexity index is 181. The zero-order chi connectivity index (χ0) is 9.56. The molecule has 6 heteroatoms. The normalized spacial score (nSPS) is 14.5. The molecule has 1 unspecified atom stereocenters. The lowest BCUT2D eigenvalue weighted by Gasteiger charge is -2.08. The highest BCUT2D eigenvalue weighted by Gasteiger charge is 2.09. The third-order valence-corrected chi connectivity index (χ3v) is 1.20. The van der Waals surface area contributed by atoms with Crippen molar-refractivity contribution in [3.8, 4) is 0 Å². The summed E-state index contributed by atoms with van der Waals surface area (Å²) in [6.07, 6.45) is -1.05. The number of aliphatic hydroxyl groups is 3. The Balaban J connectivity index is 4.31. The van der Waals surface area contributed by atoms with Crippen LogP contribution in [0.5, 0.6) is 0 Å². The predicted molar refractivity (Wildman–Crippen MR) is 44.4 cm³/mol. The Morgan fingerprint density at radius 3 is 2.33 bits per heavy atom. The van der Waals surface area contributed by atoms with Gasteiger partial charge in [0, 0.05) is 6.54 Å². The van der Waals surface area contributed by atoms with Crippen molar-refractivity contribution in [3.63, 3.8) is 0 Å². The summed E-state index contributed by atoms with van der Waals surface area (Å²) in [4.78, 5) is 3.45. The molecule has 12 heavy (non-hydrogen) atoms. The summed E-state index contributed by atoms with van der Waals surface area (Å²) in [5, 5.41) is 33.1. The molecule has 0 saturated carbocycles. The lowest BCUT2D eigenvalue weighted by atomic mass is 10.2. The summed E-state index contributed by atoms with van der Waals surface area (Å²) in [6.45, 7) is -1.07. The van der Waals surface area contributed by atoms with Crippen LogP contribution in [0.15, 0.2) is 4.99 Å². The van der Waals surface area contributed by atoms with Crippen molar-refractivity contribution >= 4 is 11.5 Å². The van der Waals surface area contributed by atoms with Crippen LogP contribution in [0.1, 0.15) is 0 Å². The Morgan fingerprint density at radius 1 is 1.42 bits per heavy atom. The van der Waals surface area contributed by atoms with Crippen molar-refractivity contribution in [2.45, 2.75) is 6.10 Å². The number of nitrogens with one attached hydrogen (secondary N) is 1. The molecule has 0 aromatic carbocycles. The summed E-state index contributed by atoms with van der Waals surface area (Å²) in [6, 6.07) is 0. The van der Waals surface area contributed by atoms with Gasteiger partial charge in [0.2, 0.25) is 0 Å². The van der Waals surface area contributed by atoms with Crippen LogP contribution in [-0.2, 0) is 0 Å². The number of nitrogens with two attached hydrogens (primary N) is 1. The second-order valence-electron chi connectivity index (χ2n) is 2.12. The van der Waals surface area contributed by atoms with Gasteiger partial charge in [-0.1, -0.05) is 0 Å². The van der Waals surface area contributed by atoms with Gasteiger partial charge in [-0.15, -0.1) is 0 Å². The summed E-state index contributed by atoms with van der Waals surface area (Å²) >= 11 is 0. The van der Waals surface area contributed by atoms with E-state index in [1.165, 1.54) is 0 Å². The summed E-state index contributed by atoms with van der Waals surface area (Å²) in [5.74, 6) is -0.313. The van der Waals surface area contributed by atoms with E-state index in [0.29, 0.717) is 0 Å². The highest BCUT2D eigenvalue weighted by atomic mass is 16.3. The molecule has 0 saturated heterocycles. The predicted octanol–water partition coefficient (Wildman–Crippen LogP) is -2.29. The Morgan fingerprint density at radius 2 is 2.00 bits per heavy atom. The lowest BCUT2D eigenvalue weighted by Crippen LogP contribution is -2.32. The van der Waals surface area contributed by atoms with Crippen LogP contribution in [0, 0.1) is 5.41 Å². The molecule has 0 fully saturated rings. The number of aliphatic hydroxyl groups excluding tert-OH is 3. The van der Waals surface area contributed by atoms with Crippen molar-refractivity contribution < 1.29 is 15.3 Å². The molecule has 0 aliphatic heterocycles. The van der Waals surface area contributed by atoms with E-state index in [4.69, 9.17) is 26.5 Å². The Labute approximate surface area is 69.9 Å². The van der Waals surface area contributed by atoms with Crippen molar-refractivity contribution in [2.75, 3.05) is 19.8 Å². The smallest absolute Gasteiger partial charge is 0.146 e. The minimum Gasteiger partial charge on any atom is -0.390 e. The van der Waals surface area contributed by atoms with Crippen molar-refractivity contribution in [1.29, 1.82) is 5.41 Å². The van der Waals surface area contributed by atoms with Crippen LogP contribution in [0.4, 0.5) is 0 Å². The molecule has 6 N–H and O–H groups in total. The fraction of sp³-hybridized carbons (Fsp3) is 0.667. The van der Waals surface area contributed by atoms with Crippen LogP contribution in [-0.4, -0.2) is 52.7 Å². The maximum absolute atomic E-state index is 9.07. The Hall–Kier alpha value is -0.820. The van der Waals surface area contributed by atoms with E-state index in [0.717, 1.165) is 0 Å². The third-order valence-electron chi connectivity index (χ3n) is 1.20. The fourth-order valence-electron chi connectivity index (χ4n) is 0.560. The van der Waals surface area contributed by atoms with Gasteiger partial charge in [0.05, 0.1) is 12.3 Å². The molecule has 0 bridgehead atoms. The van der Waals surface area contributed by atoms with Crippen LogP contribution in [0.2, 0.25) is 0 Å².